The number of hydrogen-bond donors (Lipinski definition) is 1. The van der Waals surface area contributed by atoms with Crippen LogP contribution in [0, 0.1) is 12.7 Å². The van der Waals surface area contributed by atoms with Crippen LogP contribution in [0.2, 0.25) is 0 Å². The highest BCUT2D eigenvalue weighted by Crippen LogP contribution is 2.26. The summed E-state index contributed by atoms with van der Waals surface area (Å²) in [6, 6.07) is 21.2. The molecular formula is C27H22FN5O2S. The zero-order chi connectivity index (χ0) is 24.9. The van der Waals surface area contributed by atoms with Crippen LogP contribution in [0.15, 0.2) is 94.7 Å². The van der Waals surface area contributed by atoms with E-state index in [1.807, 2.05) is 49.5 Å². The topological polar surface area (TPSA) is 85.8 Å². The van der Waals surface area contributed by atoms with Gasteiger partial charge in [-0.3, -0.25) is 4.79 Å². The minimum Gasteiger partial charge on any atom is -0.361 e. The average Bonchev–Trinajstić information content (AvgIpc) is 3.53. The van der Waals surface area contributed by atoms with Crippen LogP contribution in [0.1, 0.15) is 27.4 Å². The number of pyridine rings is 1. The molecule has 0 unspecified atom stereocenters. The van der Waals surface area contributed by atoms with Crippen LogP contribution < -0.4 is 5.32 Å². The van der Waals surface area contributed by atoms with Gasteiger partial charge in [-0.25, -0.2) is 14.1 Å². The lowest BCUT2D eigenvalue weighted by Gasteiger charge is -2.09. The van der Waals surface area contributed by atoms with Crippen molar-refractivity contribution in [2.45, 2.75) is 24.2 Å². The van der Waals surface area contributed by atoms with Crippen molar-refractivity contribution in [1.82, 2.24) is 25.2 Å². The van der Waals surface area contributed by atoms with E-state index in [4.69, 9.17) is 9.62 Å². The number of nitrogens with one attached hydrogen (secondary N) is 1. The van der Waals surface area contributed by atoms with E-state index in [2.05, 4.69) is 15.5 Å². The lowest BCUT2D eigenvalue weighted by Crippen LogP contribution is -2.23. The molecule has 0 bridgehead atoms. The fourth-order valence-corrected chi connectivity index (χ4v) is 4.55. The van der Waals surface area contributed by atoms with E-state index in [0.29, 0.717) is 22.0 Å². The Balaban J connectivity index is 1.37. The molecule has 5 rings (SSSR count). The molecule has 9 heteroatoms. The van der Waals surface area contributed by atoms with Crippen LogP contribution in [-0.2, 0) is 12.3 Å². The normalized spacial score (nSPS) is 10.9. The van der Waals surface area contributed by atoms with Gasteiger partial charge in [-0.1, -0.05) is 35.1 Å². The molecule has 0 radical (unpaired) electrons. The third kappa shape index (κ3) is 5.36. The van der Waals surface area contributed by atoms with Crippen LogP contribution in [0.4, 0.5) is 4.39 Å². The molecule has 0 aliphatic carbocycles. The Hall–Kier alpha value is -4.24. The average molecular weight is 500 g/mol. The molecule has 0 atom stereocenters. The van der Waals surface area contributed by atoms with Gasteiger partial charge in [0.1, 0.15) is 16.6 Å². The summed E-state index contributed by atoms with van der Waals surface area (Å²) < 4.78 is 20.4. The van der Waals surface area contributed by atoms with Crippen molar-refractivity contribution in [3.63, 3.8) is 0 Å². The van der Waals surface area contributed by atoms with Crippen molar-refractivity contribution in [2.24, 2.45) is 0 Å². The van der Waals surface area contributed by atoms with Gasteiger partial charge < -0.3 is 9.84 Å². The molecule has 7 nitrogen and oxygen atoms in total. The fourth-order valence-electron chi connectivity index (χ4n) is 3.68. The zero-order valence-electron chi connectivity index (χ0n) is 19.4. The summed E-state index contributed by atoms with van der Waals surface area (Å²) in [5.41, 5.74) is 4.37. The van der Waals surface area contributed by atoms with Crippen molar-refractivity contribution in [1.29, 1.82) is 0 Å². The lowest BCUT2D eigenvalue weighted by molar-refractivity contribution is 0.0947. The molecule has 1 N–H and O–H groups in total. The molecule has 0 saturated carbocycles. The number of halogens is 1. The SMILES string of the molecule is Cc1cc(CSc2ncccc2C(=O)NCc2cn(-c3ccccc3)nc2-c2ccc(F)cc2)no1. The maximum absolute atomic E-state index is 13.5. The number of benzene rings is 2. The summed E-state index contributed by atoms with van der Waals surface area (Å²) in [6.45, 7) is 2.07. The minimum absolute atomic E-state index is 0.236. The Labute approximate surface area is 211 Å². The first-order valence-corrected chi connectivity index (χ1v) is 12.2. The Bertz CT molecular complexity index is 1480. The maximum Gasteiger partial charge on any atom is 0.254 e. The monoisotopic (exact) mass is 499 g/mol. The van der Waals surface area contributed by atoms with E-state index in [0.717, 1.165) is 28.3 Å². The fraction of sp³-hybridized carbons (Fsp3) is 0.111. The summed E-state index contributed by atoms with van der Waals surface area (Å²) in [5, 5.41) is 12.3. The second-order valence-corrected chi connectivity index (χ2v) is 9.01. The summed E-state index contributed by atoms with van der Waals surface area (Å²) in [5.74, 6) is 0.697. The van der Waals surface area contributed by atoms with E-state index < -0.39 is 0 Å². The number of para-hydroxylation sites is 1. The zero-order valence-corrected chi connectivity index (χ0v) is 20.2. The van der Waals surface area contributed by atoms with Crippen molar-refractivity contribution >= 4 is 17.7 Å². The number of rotatable bonds is 8. The third-order valence-corrected chi connectivity index (χ3v) is 6.46. The molecular weight excluding hydrogens is 477 g/mol. The maximum atomic E-state index is 13.5. The van der Waals surface area contributed by atoms with Gasteiger partial charge >= 0.3 is 0 Å². The van der Waals surface area contributed by atoms with Crippen molar-refractivity contribution in [3.05, 3.63) is 114 Å². The second-order valence-electron chi connectivity index (χ2n) is 8.05. The predicted octanol–water partition coefficient (Wildman–Crippen LogP) is 5.59. The first-order valence-electron chi connectivity index (χ1n) is 11.2. The van der Waals surface area contributed by atoms with E-state index in [1.54, 1.807) is 35.1 Å². The summed E-state index contributed by atoms with van der Waals surface area (Å²) in [6.07, 6.45) is 3.53. The predicted molar refractivity (Wildman–Crippen MR) is 135 cm³/mol. The molecule has 0 aliphatic rings. The Morgan fingerprint density at radius 1 is 1.08 bits per heavy atom. The standard InChI is InChI=1S/C27H22FN5O2S/c1-18-14-22(32-35-18)17-36-27-24(8-5-13-29-27)26(34)30-15-20-16-33(23-6-3-2-4-7-23)31-25(20)19-9-11-21(28)12-10-19/h2-14,16H,15,17H2,1H3,(H,30,34). The summed E-state index contributed by atoms with van der Waals surface area (Å²) in [4.78, 5) is 17.5. The highest BCUT2D eigenvalue weighted by molar-refractivity contribution is 7.98. The largest absolute Gasteiger partial charge is 0.361 e. The van der Waals surface area contributed by atoms with E-state index in [1.165, 1.54) is 23.9 Å². The van der Waals surface area contributed by atoms with Gasteiger partial charge in [-0.05, 0) is 55.5 Å². The number of amides is 1. The van der Waals surface area contributed by atoms with Crippen molar-refractivity contribution in [2.75, 3.05) is 0 Å². The van der Waals surface area contributed by atoms with Gasteiger partial charge in [0.2, 0.25) is 0 Å². The second kappa shape index (κ2) is 10.6. The molecule has 180 valence electrons. The third-order valence-electron chi connectivity index (χ3n) is 5.42. The molecule has 3 aromatic heterocycles. The number of aromatic nitrogens is 4. The number of carbonyl (C=O) groups is 1. The number of aryl methyl sites for hydroxylation is 1. The van der Waals surface area contributed by atoms with Gasteiger partial charge in [-0.15, -0.1) is 0 Å². The Morgan fingerprint density at radius 3 is 2.64 bits per heavy atom. The molecule has 0 spiro atoms. The van der Waals surface area contributed by atoms with Crippen LogP contribution in [0.3, 0.4) is 0 Å². The molecule has 5 aromatic rings. The number of thioether (sulfide) groups is 1. The number of hydrogen-bond acceptors (Lipinski definition) is 6. The van der Waals surface area contributed by atoms with Crippen LogP contribution in [0.5, 0.6) is 0 Å². The van der Waals surface area contributed by atoms with Crippen molar-refractivity contribution < 1.29 is 13.7 Å². The van der Waals surface area contributed by atoms with Crippen LogP contribution >= 0.6 is 11.8 Å². The molecule has 3 heterocycles. The first kappa shape index (κ1) is 23.5. The highest BCUT2D eigenvalue weighted by atomic mass is 32.2. The smallest absolute Gasteiger partial charge is 0.254 e. The first-order chi connectivity index (χ1) is 17.6. The quantitative estimate of drug-likeness (QED) is 0.280. The van der Waals surface area contributed by atoms with Gasteiger partial charge in [-0.2, -0.15) is 5.10 Å². The van der Waals surface area contributed by atoms with E-state index in [-0.39, 0.29) is 18.3 Å². The number of carbonyl (C=O) groups excluding carboxylic acids is 1. The lowest BCUT2D eigenvalue weighted by atomic mass is 10.1. The van der Waals surface area contributed by atoms with E-state index in [9.17, 15) is 9.18 Å². The molecule has 1 amide bonds. The molecule has 0 fully saturated rings. The van der Waals surface area contributed by atoms with E-state index >= 15 is 0 Å². The Morgan fingerprint density at radius 2 is 1.89 bits per heavy atom. The molecule has 0 aliphatic heterocycles. The minimum atomic E-state index is -0.321. The van der Waals surface area contributed by atoms with Gasteiger partial charge in [0.05, 0.1) is 22.6 Å². The highest BCUT2D eigenvalue weighted by Gasteiger charge is 2.17. The molecule has 0 saturated heterocycles. The summed E-state index contributed by atoms with van der Waals surface area (Å²) in [7, 11) is 0. The Kier molecular flexibility index (Phi) is 6.90. The van der Waals surface area contributed by atoms with Crippen LogP contribution in [-0.4, -0.2) is 25.8 Å². The molecule has 36 heavy (non-hydrogen) atoms. The van der Waals surface area contributed by atoms with Crippen LogP contribution in [0.25, 0.3) is 16.9 Å². The van der Waals surface area contributed by atoms with Crippen molar-refractivity contribution in [3.8, 4) is 16.9 Å². The van der Waals surface area contributed by atoms with Gasteiger partial charge in [0.15, 0.2) is 0 Å². The number of nitrogens with zero attached hydrogens (tertiary/aromatic N) is 4. The van der Waals surface area contributed by atoms with Gasteiger partial charge in [0, 0.05) is 41.9 Å². The summed E-state index contributed by atoms with van der Waals surface area (Å²) >= 11 is 1.42. The molecule has 2 aromatic carbocycles. The van der Waals surface area contributed by atoms with Gasteiger partial charge in [0.25, 0.3) is 5.91 Å².